The van der Waals surface area contributed by atoms with E-state index in [2.05, 4.69) is 24.3 Å². The summed E-state index contributed by atoms with van der Waals surface area (Å²) in [7, 11) is 1.85. The van der Waals surface area contributed by atoms with E-state index in [1.807, 2.05) is 27.0 Å². The van der Waals surface area contributed by atoms with Crippen LogP contribution in [-0.4, -0.2) is 27.8 Å². The van der Waals surface area contributed by atoms with Gasteiger partial charge in [-0.05, 0) is 25.8 Å². The molecule has 0 saturated carbocycles. The molecule has 0 aromatic carbocycles. The molecule has 104 valence electrons. The smallest absolute Gasteiger partial charge is 0.272 e. The van der Waals surface area contributed by atoms with Gasteiger partial charge in [0.1, 0.15) is 5.69 Å². The normalized spacial score (nSPS) is 11.3. The average molecular weight is 275 g/mol. The summed E-state index contributed by atoms with van der Waals surface area (Å²) in [4.78, 5) is 12.0. The summed E-state index contributed by atoms with van der Waals surface area (Å²) in [5.74, 6) is 0.166. The van der Waals surface area contributed by atoms with Crippen LogP contribution in [0.1, 0.15) is 49.8 Å². The SMILES string of the molecule is CC(C)c1cc(C(=O)NC(C)(C)CN)nn1C.Cl. The number of hydrogen-bond acceptors (Lipinski definition) is 3. The fourth-order valence-electron chi connectivity index (χ4n) is 1.56. The van der Waals surface area contributed by atoms with Gasteiger partial charge in [0.2, 0.25) is 0 Å². The van der Waals surface area contributed by atoms with E-state index in [1.54, 1.807) is 4.68 Å². The number of carbonyl (C=O) groups is 1. The largest absolute Gasteiger partial charge is 0.344 e. The number of nitrogens with one attached hydrogen (secondary N) is 1. The Kier molecular flexibility index (Phi) is 5.83. The number of amides is 1. The Balaban J connectivity index is 0.00000289. The Bertz CT molecular complexity index is 412. The average Bonchev–Trinajstić information content (AvgIpc) is 2.60. The quantitative estimate of drug-likeness (QED) is 0.872. The van der Waals surface area contributed by atoms with Crippen molar-refractivity contribution in [3.63, 3.8) is 0 Å². The first-order chi connectivity index (χ1) is 7.76. The molecule has 0 radical (unpaired) electrons. The molecule has 3 N–H and O–H groups in total. The second kappa shape index (κ2) is 6.20. The van der Waals surface area contributed by atoms with Gasteiger partial charge in [0, 0.05) is 24.8 Å². The highest BCUT2D eigenvalue weighted by Gasteiger charge is 2.21. The van der Waals surface area contributed by atoms with E-state index in [0.29, 0.717) is 18.2 Å². The van der Waals surface area contributed by atoms with Gasteiger partial charge in [-0.1, -0.05) is 13.8 Å². The van der Waals surface area contributed by atoms with Gasteiger partial charge in [0.15, 0.2) is 0 Å². The van der Waals surface area contributed by atoms with Crippen molar-refractivity contribution in [2.45, 2.75) is 39.2 Å². The molecule has 6 heteroatoms. The third-order valence-corrected chi connectivity index (χ3v) is 2.70. The molecule has 0 aliphatic heterocycles. The van der Waals surface area contributed by atoms with Crippen LogP contribution in [0, 0.1) is 0 Å². The highest BCUT2D eigenvalue weighted by molar-refractivity contribution is 5.92. The van der Waals surface area contributed by atoms with E-state index >= 15 is 0 Å². The van der Waals surface area contributed by atoms with Crippen LogP contribution < -0.4 is 11.1 Å². The molecule has 1 aromatic rings. The van der Waals surface area contributed by atoms with Crippen molar-refractivity contribution >= 4 is 18.3 Å². The fourth-order valence-corrected chi connectivity index (χ4v) is 1.56. The van der Waals surface area contributed by atoms with Gasteiger partial charge in [-0.15, -0.1) is 12.4 Å². The summed E-state index contributed by atoms with van der Waals surface area (Å²) >= 11 is 0. The van der Waals surface area contributed by atoms with Crippen molar-refractivity contribution in [1.29, 1.82) is 0 Å². The summed E-state index contributed by atoms with van der Waals surface area (Å²) in [6.07, 6.45) is 0. The first kappa shape index (κ1) is 16.9. The summed E-state index contributed by atoms with van der Waals surface area (Å²) in [5, 5.41) is 7.08. The lowest BCUT2D eigenvalue weighted by molar-refractivity contribution is 0.0910. The summed E-state index contributed by atoms with van der Waals surface area (Å²) in [6, 6.07) is 1.83. The fraction of sp³-hybridized carbons (Fsp3) is 0.667. The Morgan fingerprint density at radius 2 is 2.11 bits per heavy atom. The van der Waals surface area contributed by atoms with Crippen molar-refractivity contribution < 1.29 is 4.79 Å². The standard InChI is InChI=1S/C12H22N4O.ClH/c1-8(2)10-6-9(15-16(10)5)11(17)14-12(3,4)7-13;/h6,8H,7,13H2,1-5H3,(H,14,17);1H. The second-order valence-corrected chi connectivity index (χ2v) is 5.27. The maximum absolute atomic E-state index is 12.0. The summed E-state index contributed by atoms with van der Waals surface area (Å²) < 4.78 is 1.75. The number of rotatable bonds is 4. The van der Waals surface area contributed by atoms with Crippen LogP contribution >= 0.6 is 12.4 Å². The van der Waals surface area contributed by atoms with Crippen LogP contribution in [-0.2, 0) is 7.05 Å². The van der Waals surface area contributed by atoms with E-state index in [1.165, 1.54) is 0 Å². The van der Waals surface area contributed by atoms with Crippen LogP contribution in [0.5, 0.6) is 0 Å². The minimum Gasteiger partial charge on any atom is -0.344 e. The lowest BCUT2D eigenvalue weighted by Crippen LogP contribution is -2.48. The molecule has 18 heavy (non-hydrogen) atoms. The number of nitrogens with two attached hydrogens (primary N) is 1. The van der Waals surface area contributed by atoms with Crippen molar-refractivity contribution in [2.75, 3.05) is 6.54 Å². The predicted molar refractivity (Wildman–Crippen MR) is 75.1 cm³/mol. The Hall–Kier alpha value is -1.07. The molecule has 0 aliphatic carbocycles. The Morgan fingerprint density at radius 1 is 1.56 bits per heavy atom. The van der Waals surface area contributed by atoms with Crippen molar-refractivity contribution in [3.05, 3.63) is 17.5 Å². The zero-order valence-electron chi connectivity index (χ0n) is 11.7. The first-order valence-electron chi connectivity index (χ1n) is 5.83. The van der Waals surface area contributed by atoms with Gasteiger partial charge in [-0.3, -0.25) is 9.48 Å². The number of aromatic nitrogens is 2. The zero-order valence-corrected chi connectivity index (χ0v) is 12.5. The third kappa shape index (κ3) is 3.99. The molecule has 0 bridgehead atoms. The maximum atomic E-state index is 12.0. The van der Waals surface area contributed by atoms with Crippen LogP contribution in [0.25, 0.3) is 0 Å². The summed E-state index contributed by atoms with van der Waals surface area (Å²) in [6.45, 7) is 8.31. The van der Waals surface area contributed by atoms with Gasteiger partial charge in [-0.2, -0.15) is 5.10 Å². The van der Waals surface area contributed by atoms with Crippen LogP contribution in [0.3, 0.4) is 0 Å². The Morgan fingerprint density at radius 3 is 2.50 bits per heavy atom. The number of aryl methyl sites for hydroxylation is 1. The molecule has 0 fully saturated rings. The van der Waals surface area contributed by atoms with E-state index in [0.717, 1.165) is 5.69 Å². The molecule has 0 atom stereocenters. The van der Waals surface area contributed by atoms with Gasteiger partial charge < -0.3 is 11.1 Å². The van der Waals surface area contributed by atoms with E-state index in [4.69, 9.17) is 5.73 Å². The van der Waals surface area contributed by atoms with Crippen LogP contribution in [0.15, 0.2) is 6.07 Å². The van der Waals surface area contributed by atoms with Gasteiger partial charge >= 0.3 is 0 Å². The van der Waals surface area contributed by atoms with Crippen molar-refractivity contribution in [1.82, 2.24) is 15.1 Å². The molecular weight excluding hydrogens is 252 g/mol. The van der Waals surface area contributed by atoms with Crippen LogP contribution in [0.2, 0.25) is 0 Å². The van der Waals surface area contributed by atoms with E-state index in [9.17, 15) is 4.79 Å². The molecule has 5 nitrogen and oxygen atoms in total. The number of nitrogens with zero attached hydrogens (tertiary/aromatic N) is 2. The molecule has 0 saturated heterocycles. The number of carbonyl (C=O) groups excluding carboxylic acids is 1. The lowest BCUT2D eigenvalue weighted by atomic mass is 10.1. The Labute approximate surface area is 115 Å². The molecule has 0 aliphatic rings. The highest BCUT2D eigenvalue weighted by atomic mass is 35.5. The predicted octanol–water partition coefficient (Wildman–Crippen LogP) is 1.43. The summed E-state index contributed by atoms with van der Waals surface area (Å²) in [5.41, 5.74) is 6.65. The van der Waals surface area contributed by atoms with E-state index < -0.39 is 5.54 Å². The minimum atomic E-state index is -0.410. The third-order valence-electron chi connectivity index (χ3n) is 2.70. The first-order valence-corrected chi connectivity index (χ1v) is 5.83. The molecule has 1 aromatic heterocycles. The van der Waals surface area contributed by atoms with Gasteiger partial charge in [-0.25, -0.2) is 0 Å². The molecule has 0 unspecified atom stereocenters. The maximum Gasteiger partial charge on any atom is 0.272 e. The topological polar surface area (TPSA) is 72.9 Å². The monoisotopic (exact) mass is 274 g/mol. The molecule has 1 amide bonds. The lowest BCUT2D eigenvalue weighted by Gasteiger charge is -2.23. The molecule has 0 spiro atoms. The second-order valence-electron chi connectivity index (χ2n) is 5.27. The van der Waals surface area contributed by atoms with Gasteiger partial charge in [0.05, 0.1) is 0 Å². The van der Waals surface area contributed by atoms with E-state index in [-0.39, 0.29) is 18.3 Å². The molecule has 1 rings (SSSR count). The number of halogens is 1. The molecule has 1 heterocycles. The van der Waals surface area contributed by atoms with Gasteiger partial charge in [0.25, 0.3) is 5.91 Å². The van der Waals surface area contributed by atoms with Crippen LogP contribution in [0.4, 0.5) is 0 Å². The minimum absolute atomic E-state index is 0. The highest BCUT2D eigenvalue weighted by Crippen LogP contribution is 2.15. The molecular formula is C12H23ClN4O. The number of hydrogen-bond donors (Lipinski definition) is 2. The van der Waals surface area contributed by atoms with Crippen molar-refractivity contribution in [3.8, 4) is 0 Å². The van der Waals surface area contributed by atoms with Crippen molar-refractivity contribution in [2.24, 2.45) is 12.8 Å². The zero-order chi connectivity index (χ0) is 13.2.